The van der Waals surface area contributed by atoms with E-state index >= 15 is 0 Å². The van der Waals surface area contributed by atoms with Gasteiger partial charge in [0.05, 0.1) is 5.69 Å². The Hall–Kier alpha value is -3.61. The molecule has 1 saturated heterocycles. The van der Waals surface area contributed by atoms with Crippen LogP contribution in [0.25, 0.3) is 6.08 Å². The Morgan fingerprint density at radius 3 is 2.38 bits per heavy atom. The molecule has 7 heteroatoms. The molecular formula is C19H16N2O5. The summed E-state index contributed by atoms with van der Waals surface area (Å²) in [5, 5.41) is 10.0. The first-order valence-electron chi connectivity index (χ1n) is 7.87. The third kappa shape index (κ3) is 3.56. The summed E-state index contributed by atoms with van der Waals surface area (Å²) in [5.74, 6) is -1.61. The summed E-state index contributed by atoms with van der Waals surface area (Å²) >= 11 is 0. The molecule has 0 aliphatic carbocycles. The molecule has 2 aromatic rings. The summed E-state index contributed by atoms with van der Waals surface area (Å²) in [5.41, 5.74) is 3.73. The largest absolute Gasteiger partial charge is 0.479 e. The third-order valence-corrected chi connectivity index (χ3v) is 3.76. The zero-order chi connectivity index (χ0) is 18.7. The molecule has 0 unspecified atom stereocenters. The molecule has 0 aromatic heterocycles. The SMILES string of the molecule is C[C@@H](Oc1ccc(/C=C2/C(=O)NN(c3ccccc3)C2=O)cc1)C(=O)O. The first-order chi connectivity index (χ1) is 12.5. The van der Waals surface area contributed by atoms with E-state index in [2.05, 4.69) is 5.43 Å². The van der Waals surface area contributed by atoms with E-state index in [4.69, 9.17) is 9.84 Å². The molecule has 0 spiro atoms. The predicted octanol–water partition coefficient (Wildman–Crippen LogP) is 2.00. The molecular weight excluding hydrogens is 336 g/mol. The standard InChI is InChI=1S/C19H16N2O5/c1-12(19(24)25)26-15-9-7-13(8-10-15)11-16-17(22)20-21(18(16)23)14-5-3-2-4-6-14/h2-12H,1H3,(H,20,22)(H,24,25)/b16-11-/t12-/m1/s1. The van der Waals surface area contributed by atoms with Crippen LogP contribution in [0.3, 0.4) is 0 Å². The Kier molecular flexibility index (Phi) is 4.70. The number of nitrogens with zero attached hydrogens (tertiary/aromatic N) is 1. The number of carboxylic acid groups (broad SMARTS) is 1. The number of hydrazine groups is 1. The number of carboxylic acids is 1. The maximum Gasteiger partial charge on any atom is 0.344 e. The quantitative estimate of drug-likeness (QED) is 0.634. The maximum absolute atomic E-state index is 12.5. The van der Waals surface area contributed by atoms with Gasteiger partial charge in [0.25, 0.3) is 11.8 Å². The molecule has 1 atom stereocenters. The van der Waals surface area contributed by atoms with Crippen molar-refractivity contribution in [1.82, 2.24) is 5.43 Å². The van der Waals surface area contributed by atoms with Crippen LogP contribution in [0.2, 0.25) is 0 Å². The first kappa shape index (κ1) is 17.2. The fraction of sp³-hybridized carbons (Fsp3) is 0.105. The lowest BCUT2D eigenvalue weighted by atomic mass is 10.1. The number of carbonyl (C=O) groups excluding carboxylic acids is 2. The molecule has 2 amide bonds. The lowest BCUT2D eigenvalue weighted by Gasteiger charge is -2.13. The number of carbonyl (C=O) groups is 3. The van der Waals surface area contributed by atoms with Crippen molar-refractivity contribution in [3.05, 3.63) is 65.7 Å². The molecule has 26 heavy (non-hydrogen) atoms. The smallest absolute Gasteiger partial charge is 0.344 e. The van der Waals surface area contributed by atoms with Crippen LogP contribution < -0.4 is 15.2 Å². The van der Waals surface area contributed by atoms with E-state index in [0.717, 1.165) is 0 Å². The van der Waals surface area contributed by atoms with Crippen LogP contribution in [0.1, 0.15) is 12.5 Å². The molecule has 1 aliphatic heterocycles. The average molecular weight is 352 g/mol. The second-order valence-corrected chi connectivity index (χ2v) is 5.64. The van der Waals surface area contributed by atoms with Crippen LogP contribution >= 0.6 is 0 Å². The minimum atomic E-state index is -1.06. The van der Waals surface area contributed by atoms with E-state index in [1.165, 1.54) is 18.0 Å². The van der Waals surface area contributed by atoms with Gasteiger partial charge in [-0.05, 0) is 42.8 Å². The zero-order valence-corrected chi connectivity index (χ0v) is 13.9. The highest BCUT2D eigenvalue weighted by atomic mass is 16.5. The second-order valence-electron chi connectivity index (χ2n) is 5.64. The zero-order valence-electron chi connectivity index (χ0n) is 13.9. The highest BCUT2D eigenvalue weighted by Gasteiger charge is 2.34. The highest BCUT2D eigenvalue weighted by molar-refractivity contribution is 6.31. The molecule has 0 radical (unpaired) electrons. The fourth-order valence-corrected chi connectivity index (χ4v) is 2.38. The van der Waals surface area contributed by atoms with E-state index in [9.17, 15) is 14.4 Å². The van der Waals surface area contributed by atoms with Gasteiger partial charge < -0.3 is 9.84 Å². The van der Waals surface area contributed by atoms with E-state index in [1.807, 2.05) is 6.07 Å². The molecule has 2 N–H and O–H groups in total. The first-order valence-corrected chi connectivity index (χ1v) is 7.87. The van der Waals surface area contributed by atoms with Gasteiger partial charge in [-0.2, -0.15) is 0 Å². The van der Waals surface area contributed by atoms with Crippen molar-refractivity contribution in [2.24, 2.45) is 0 Å². The van der Waals surface area contributed by atoms with Gasteiger partial charge in [-0.1, -0.05) is 30.3 Å². The molecule has 1 aliphatic rings. The van der Waals surface area contributed by atoms with Gasteiger partial charge in [0, 0.05) is 0 Å². The van der Waals surface area contributed by atoms with Crippen molar-refractivity contribution < 1.29 is 24.2 Å². The molecule has 1 fully saturated rings. The molecule has 1 heterocycles. The van der Waals surface area contributed by atoms with Gasteiger partial charge in [-0.25, -0.2) is 9.80 Å². The number of nitrogens with one attached hydrogen (secondary N) is 1. The molecule has 0 saturated carbocycles. The van der Waals surface area contributed by atoms with Crippen LogP contribution in [-0.4, -0.2) is 29.0 Å². The van der Waals surface area contributed by atoms with Crippen LogP contribution in [0.15, 0.2) is 60.2 Å². The topological polar surface area (TPSA) is 95.9 Å². The summed E-state index contributed by atoms with van der Waals surface area (Å²) in [4.78, 5) is 35.4. The van der Waals surface area contributed by atoms with Gasteiger partial charge in [0.15, 0.2) is 6.10 Å². The van der Waals surface area contributed by atoms with Crippen molar-refractivity contribution in [1.29, 1.82) is 0 Å². The van der Waals surface area contributed by atoms with Gasteiger partial charge in [-0.3, -0.25) is 15.0 Å². The van der Waals surface area contributed by atoms with Crippen LogP contribution in [0, 0.1) is 0 Å². The van der Waals surface area contributed by atoms with Gasteiger partial charge in [-0.15, -0.1) is 0 Å². The minimum absolute atomic E-state index is 0.0152. The molecule has 0 bridgehead atoms. The van der Waals surface area contributed by atoms with Crippen molar-refractivity contribution in [3.63, 3.8) is 0 Å². The summed E-state index contributed by atoms with van der Waals surface area (Å²) in [7, 11) is 0. The van der Waals surface area contributed by atoms with Crippen molar-refractivity contribution >= 4 is 29.5 Å². The Bertz CT molecular complexity index is 875. The van der Waals surface area contributed by atoms with Crippen molar-refractivity contribution in [2.45, 2.75) is 13.0 Å². The monoisotopic (exact) mass is 352 g/mol. The van der Waals surface area contributed by atoms with Crippen LogP contribution in [-0.2, 0) is 14.4 Å². The number of rotatable bonds is 5. The summed E-state index contributed by atoms with van der Waals surface area (Å²) in [6, 6.07) is 15.2. The van der Waals surface area contributed by atoms with Crippen LogP contribution in [0.4, 0.5) is 5.69 Å². The Morgan fingerprint density at radius 2 is 1.77 bits per heavy atom. The Labute approximate surface area is 149 Å². The van der Waals surface area contributed by atoms with E-state index in [0.29, 0.717) is 17.0 Å². The second kappa shape index (κ2) is 7.10. The van der Waals surface area contributed by atoms with Gasteiger partial charge >= 0.3 is 5.97 Å². The van der Waals surface area contributed by atoms with E-state index < -0.39 is 23.9 Å². The molecule has 132 valence electrons. The van der Waals surface area contributed by atoms with Gasteiger partial charge in [0.1, 0.15) is 11.3 Å². The lowest BCUT2D eigenvalue weighted by Crippen LogP contribution is -2.35. The number of aliphatic carboxylic acids is 1. The third-order valence-electron chi connectivity index (χ3n) is 3.76. The number of hydrogen-bond donors (Lipinski definition) is 2. The molecule has 3 rings (SSSR count). The average Bonchev–Trinajstić information content (AvgIpc) is 2.92. The fourth-order valence-electron chi connectivity index (χ4n) is 2.38. The van der Waals surface area contributed by atoms with E-state index in [-0.39, 0.29) is 5.57 Å². The van der Waals surface area contributed by atoms with Crippen molar-refractivity contribution in [3.8, 4) is 5.75 Å². The van der Waals surface area contributed by atoms with E-state index in [1.54, 1.807) is 48.5 Å². The number of benzene rings is 2. The normalized spacial score (nSPS) is 16.5. The number of hydrogen-bond acceptors (Lipinski definition) is 4. The predicted molar refractivity (Wildman–Crippen MR) is 94.2 cm³/mol. The minimum Gasteiger partial charge on any atom is -0.479 e. The van der Waals surface area contributed by atoms with Crippen molar-refractivity contribution in [2.75, 3.05) is 5.01 Å². The Morgan fingerprint density at radius 1 is 1.12 bits per heavy atom. The number of anilines is 1. The Balaban J connectivity index is 1.78. The molecule has 2 aromatic carbocycles. The highest BCUT2D eigenvalue weighted by Crippen LogP contribution is 2.22. The summed E-state index contributed by atoms with van der Waals surface area (Å²) in [6.45, 7) is 1.43. The summed E-state index contributed by atoms with van der Waals surface area (Å²) < 4.78 is 5.24. The number of ether oxygens (including phenoxy) is 1. The van der Waals surface area contributed by atoms with Gasteiger partial charge in [0.2, 0.25) is 0 Å². The van der Waals surface area contributed by atoms with Crippen LogP contribution in [0.5, 0.6) is 5.75 Å². The lowest BCUT2D eigenvalue weighted by molar-refractivity contribution is -0.144. The molecule has 7 nitrogen and oxygen atoms in total. The number of amides is 2. The number of para-hydroxylation sites is 1. The maximum atomic E-state index is 12.5. The summed E-state index contributed by atoms with van der Waals surface area (Å²) in [6.07, 6.45) is 0.506.